The summed E-state index contributed by atoms with van der Waals surface area (Å²) in [5.74, 6) is 0.716. The Morgan fingerprint density at radius 2 is 1.81 bits per heavy atom. The number of likely N-dealkylation sites (tertiary alicyclic amines) is 1. The molecule has 0 spiro atoms. The summed E-state index contributed by atoms with van der Waals surface area (Å²) in [6.45, 7) is 1.68. The number of hydrogen-bond acceptors (Lipinski definition) is 2. The molecule has 0 radical (unpaired) electrons. The molecule has 2 aliphatic rings. The molecule has 0 unspecified atom stereocenters. The van der Waals surface area contributed by atoms with Gasteiger partial charge < -0.3 is 4.90 Å². The highest BCUT2D eigenvalue weighted by molar-refractivity contribution is 5.79. The molecule has 1 aromatic carbocycles. The van der Waals surface area contributed by atoms with Gasteiger partial charge in [-0.1, -0.05) is 31.0 Å². The number of carbonyl (C=O) groups is 1. The van der Waals surface area contributed by atoms with Crippen molar-refractivity contribution in [1.29, 1.82) is 0 Å². The van der Waals surface area contributed by atoms with Crippen LogP contribution in [0.25, 0.3) is 0 Å². The van der Waals surface area contributed by atoms with Gasteiger partial charge in [-0.15, -0.1) is 0 Å². The lowest BCUT2D eigenvalue weighted by Crippen LogP contribution is -2.42. The molecule has 1 aliphatic heterocycles. The molecule has 2 fully saturated rings. The average Bonchev–Trinajstić information content (AvgIpc) is 3.24. The Labute approximate surface area is 160 Å². The Morgan fingerprint density at radius 1 is 1.04 bits per heavy atom. The van der Waals surface area contributed by atoms with Gasteiger partial charge in [0, 0.05) is 42.7 Å². The fourth-order valence-corrected chi connectivity index (χ4v) is 4.49. The summed E-state index contributed by atoms with van der Waals surface area (Å²) < 4.78 is 13.1. The van der Waals surface area contributed by atoms with Crippen LogP contribution in [0.3, 0.4) is 0 Å². The Kier molecular flexibility index (Phi) is 5.51. The van der Waals surface area contributed by atoms with Crippen LogP contribution in [0.2, 0.25) is 0 Å². The minimum atomic E-state index is -0.213. The first-order valence-electron chi connectivity index (χ1n) is 10.2. The molecule has 2 heterocycles. The molecule has 0 bridgehead atoms. The maximum absolute atomic E-state index is 13.1. The van der Waals surface area contributed by atoms with Crippen molar-refractivity contribution in [2.24, 2.45) is 5.92 Å². The van der Waals surface area contributed by atoms with E-state index < -0.39 is 0 Å². The van der Waals surface area contributed by atoms with Crippen LogP contribution in [-0.2, 0) is 11.2 Å². The molecule has 2 aromatic rings. The first-order chi connectivity index (χ1) is 13.2. The third-order valence-electron chi connectivity index (χ3n) is 5.98. The number of pyridine rings is 1. The molecule has 3 nitrogen and oxygen atoms in total. The topological polar surface area (TPSA) is 33.2 Å². The van der Waals surface area contributed by atoms with Crippen molar-refractivity contribution in [3.63, 3.8) is 0 Å². The van der Waals surface area contributed by atoms with Gasteiger partial charge in [0.15, 0.2) is 0 Å². The van der Waals surface area contributed by atoms with E-state index in [4.69, 9.17) is 4.98 Å². The van der Waals surface area contributed by atoms with Crippen LogP contribution in [0.4, 0.5) is 4.39 Å². The van der Waals surface area contributed by atoms with Gasteiger partial charge in [-0.25, -0.2) is 4.39 Å². The minimum absolute atomic E-state index is 0.213. The maximum Gasteiger partial charge on any atom is 0.225 e. The zero-order chi connectivity index (χ0) is 18.6. The summed E-state index contributed by atoms with van der Waals surface area (Å²) in [7, 11) is 0. The van der Waals surface area contributed by atoms with Crippen molar-refractivity contribution >= 4 is 5.91 Å². The highest BCUT2D eigenvalue weighted by Gasteiger charge is 2.31. The van der Waals surface area contributed by atoms with Crippen LogP contribution in [0.1, 0.15) is 61.4 Å². The van der Waals surface area contributed by atoms with Crippen LogP contribution in [0, 0.1) is 11.7 Å². The van der Waals surface area contributed by atoms with Crippen molar-refractivity contribution in [1.82, 2.24) is 9.88 Å². The predicted octanol–water partition coefficient (Wildman–Crippen LogP) is 4.71. The van der Waals surface area contributed by atoms with Crippen LogP contribution in [0.5, 0.6) is 0 Å². The Bertz CT molecular complexity index is 783. The smallest absolute Gasteiger partial charge is 0.225 e. The number of hydrogen-bond donors (Lipinski definition) is 0. The maximum atomic E-state index is 13.1. The number of carbonyl (C=O) groups excluding carboxylic acids is 1. The molecule has 1 saturated carbocycles. The summed E-state index contributed by atoms with van der Waals surface area (Å²) in [5.41, 5.74) is 3.14. The van der Waals surface area contributed by atoms with Gasteiger partial charge in [0.2, 0.25) is 5.91 Å². The van der Waals surface area contributed by atoms with E-state index in [-0.39, 0.29) is 11.7 Å². The molecule has 142 valence electrons. The highest BCUT2D eigenvalue weighted by Crippen LogP contribution is 2.31. The van der Waals surface area contributed by atoms with Gasteiger partial charge in [0.25, 0.3) is 0 Å². The summed E-state index contributed by atoms with van der Waals surface area (Å²) in [4.78, 5) is 19.7. The number of benzene rings is 1. The van der Waals surface area contributed by atoms with E-state index in [0.29, 0.717) is 18.2 Å². The zero-order valence-corrected chi connectivity index (χ0v) is 15.7. The summed E-state index contributed by atoms with van der Waals surface area (Å²) >= 11 is 0. The van der Waals surface area contributed by atoms with E-state index in [0.717, 1.165) is 55.7 Å². The Morgan fingerprint density at radius 3 is 2.59 bits per heavy atom. The van der Waals surface area contributed by atoms with E-state index in [2.05, 4.69) is 17.0 Å². The summed E-state index contributed by atoms with van der Waals surface area (Å²) in [6.07, 6.45) is 7.35. The third-order valence-corrected chi connectivity index (χ3v) is 5.98. The quantitative estimate of drug-likeness (QED) is 0.785. The van der Waals surface area contributed by atoms with Gasteiger partial charge in [-0.2, -0.15) is 0 Å². The number of halogens is 1. The molecular weight excluding hydrogens is 339 g/mol. The average molecular weight is 366 g/mol. The fourth-order valence-electron chi connectivity index (χ4n) is 4.49. The normalized spacial score (nSPS) is 20.8. The number of piperidine rings is 1. The molecule has 1 amide bonds. The van der Waals surface area contributed by atoms with Crippen LogP contribution < -0.4 is 0 Å². The predicted molar refractivity (Wildman–Crippen MR) is 104 cm³/mol. The highest BCUT2D eigenvalue weighted by atomic mass is 19.1. The first-order valence-corrected chi connectivity index (χ1v) is 10.2. The van der Waals surface area contributed by atoms with E-state index in [9.17, 15) is 9.18 Å². The summed E-state index contributed by atoms with van der Waals surface area (Å²) in [5, 5.41) is 0. The SMILES string of the molecule is O=C(C1CCCC1)N1CCC[C@@H](c2cccc(Cc3ccc(F)cc3)n2)C1. The first kappa shape index (κ1) is 18.1. The van der Waals surface area contributed by atoms with E-state index >= 15 is 0 Å². The lowest BCUT2D eigenvalue weighted by Gasteiger charge is -2.34. The standard InChI is InChI=1S/C23H27FN2O/c24-20-12-10-17(11-13-20)15-21-8-3-9-22(25-21)19-7-4-14-26(16-19)23(27)18-5-1-2-6-18/h3,8-13,18-19H,1-2,4-7,14-16H2/t19-/m1/s1. The molecule has 1 saturated heterocycles. The Hall–Kier alpha value is -2.23. The van der Waals surface area contributed by atoms with Gasteiger partial charge in [-0.05, 0) is 55.5 Å². The van der Waals surface area contributed by atoms with E-state index in [1.54, 1.807) is 0 Å². The van der Waals surface area contributed by atoms with Gasteiger partial charge in [0.05, 0.1) is 0 Å². The number of nitrogens with zero attached hydrogens (tertiary/aromatic N) is 2. The molecule has 1 aliphatic carbocycles. The molecule has 4 rings (SSSR count). The molecule has 0 N–H and O–H groups in total. The molecule has 4 heteroatoms. The van der Waals surface area contributed by atoms with Crippen LogP contribution in [0.15, 0.2) is 42.5 Å². The van der Waals surface area contributed by atoms with Crippen molar-refractivity contribution in [3.05, 3.63) is 65.2 Å². The molecule has 1 atom stereocenters. The van der Waals surface area contributed by atoms with Crippen molar-refractivity contribution in [3.8, 4) is 0 Å². The number of rotatable bonds is 4. The second-order valence-corrected chi connectivity index (χ2v) is 7.96. The molecule has 1 aromatic heterocycles. The fraction of sp³-hybridized carbons (Fsp3) is 0.478. The van der Waals surface area contributed by atoms with E-state index in [1.165, 1.54) is 25.0 Å². The van der Waals surface area contributed by atoms with Crippen molar-refractivity contribution in [2.45, 2.75) is 50.9 Å². The lowest BCUT2D eigenvalue weighted by atomic mass is 9.92. The van der Waals surface area contributed by atoms with Crippen LogP contribution >= 0.6 is 0 Å². The number of aromatic nitrogens is 1. The van der Waals surface area contributed by atoms with Crippen molar-refractivity contribution in [2.75, 3.05) is 13.1 Å². The lowest BCUT2D eigenvalue weighted by molar-refractivity contribution is -0.136. The molecule has 27 heavy (non-hydrogen) atoms. The molecular formula is C23H27FN2O. The van der Waals surface area contributed by atoms with E-state index in [1.807, 2.05) is 18.2 Å². The van der Waals surface area contributed by atoms with Gasteiger partial charge >= 0.3 is 0 Å². The van der Waals surface area contributed by atoms with Gasteiger partial charge in [0.1, 0.15) is 5.82 Å². The second-order valence-electron chi connectivity index (χ2n) is 7.96. The summed E-state index contributed by atoms with van der Waals surface area (Å²) in [6, 6.07) is 12.8. The Balaban J connectivity index is 1.44. The largest absolute Gasteiger partial charge is 0.342 e. The minimum Gasteiger partial charge on any atom is -0.342 e. The van der Waals surface area contributed by atoms with Crippen LogP contribution in [-0.4, -0.2) is 28.9 Å². The zero-order valence-electron chi connectivity index (χ0n) is 15.7. The number of amides is 1. The monoisotopic (exact) mass is 366 g/mol. The third kappa shape index (κ3) is 4.37. The second kappa shape index (κ2) is 8.20. The van der Waals surface area contributed by atoms with Gasteiger partial charge in [-0.3, -0.25) is 9.78 Å². The van der Waals surface area contributed by atoms with Crippen molar-refractivity contribution < 1.29 is 9.18 Å².